The molecule has 34 heavy (non-hydrogen) atoms. The van der Waals surface area contributed by atoms with Crippen LogP contribution in [0.1, 0.15) is 37.1 Å². The minimum Gasteiger partial charge on any atom is -0.445 e. The van der Waals surface area contributed by atoms with E-state index in [4.69, 9.17) is 10.5 Å². The summed E-state index contributed by atoms with van der Waals surface area (Å²) >= 11 is 0. The minimum atomic E-state index is -1.28. The van der Waals surface area contributed by atoms with Crippen LogP contribution in [0.3, 0.4) is 0 Å². The van der Waals surface area contributed by atoms with Crippen LogP contribution < -0.4 is 16.4 Å². The minimum absolute atomic E-state index is 0.0820. The largest absolute Gasteiger partial charge is 0.445 e. The van der Waals surface area contributed by atoms with Crippen LogP contribution in [0.25, 0.3) is 10.9 Å². The second kappa shape index (κ2) is 9.59. The number of nitrogens with one attached hydrogen (secondary N) is 3. The summed E-state index contributed by atoms with van der Waals surface area (Å²) in [6.45, 7) is 3.70. The number of ether oxygens (including phenoxy) is 1. The zero-order valence-corrected chi connectivity index (χ0v) is 19.4. The number of fused-ring (bicyclic) bond motifs is 3. The number of hydrogen-bond acceptors (Lipinski definition) is 4. The smallest absolute Gasteiger partial charge is 0.408 e. The maximum atomic E-state index is 13.6. The third kappa shape index (κ3) is 4.76. The molecule has 3 aromatic rings. The first kappa shape index (κ1) is 23.4. The van der Waals surface area contributed by atoms with E-state index < -0.39 is 29.5 Å². The van der Waals surface area contributed by atoms with Gasteiger partial charge in [-0.05, 0) is 36.0 Å². The van der Waals surface area contributed by atoms with Crippen molar-refractivity contribution >= 4 is 28.8 Å². The van der Waals surface area contributed by atoms with Gasteiger partial charge < -0.3 is 26.1 Å². The molecule has 1 aliphatic carbocycles. The highest BCUT2D eigenvalue weighted by atomic mass is 16.5. The van der Waals surface area contributed by atoms with Gasteiger partial charge in [0.2, 0.25) is 11.8 Å². The molecule has 2 atom stereocenters. The molecule has 8 heteroatoms. The first-order valence-corrected chi connectivity index (χ1v) is 11.5. The summed E-state index contributed by atoms with van der Waals surface area (Å²) in [6, 6.07) is 16.3. The molecule has 1 aromatic heterocycles. The lowest BCUT2D eigenvalue weighted by Crippen LogP contribution is -2.64. The summed E-state index contributed by atoms with van der Waals surface area (Å²) in [5.41, 5.74) is 8.09. The van der Waals surface area contributed by atoms with Crippen molar-refractivity contribution in [3.8, 4) is 0 Å². The van der Waals surface area contributed by atoms with Crippen LogP contribution in [0.5, 0.6) is 0 Å². The molecule has 0 bridgehead atoms. The van der Waals surface area contributed by atoms with E-state index in [1.807, 2.05) is 68.4 Å². The highest BCUT2D eigenvalue weighted by Gasteiger charge is 2.45. The summed E-state index contributed by atoms with van der Waals surface area (Å²) in [7, 11) is 0. The zero-order valence-electron chi connectivity index (χ0n) is 19.4. The predicted molar refractivity (Wildman–Crippen MR) is 129 cm³/mol. The summed E-state index contributed by atoms with van der Waals surface area (Å²) in [4.78, 5) is 41.9. The van der Waals surface area contributed by atoms with Gasteiger partial charge in [0, 0.05) is 23.0 Å². The molecule has 0 radical (unpaired) electrons. The zero-order chi connectivity index (χ0) is 24.3. The second-order valence-electron chi connectivity index (χ2n) is 9.17. The number of H-pyrrole nitrogens is 1. The summed E-state index contributed by atoms with van der Waals surface area (Å²) in [5, 5.41) is 6.63. The Kier molecular flexibility index (Phi) is 6.58. The Balaban J connectivity index is 1.61. The molecule has 0 unspecified atom stereocenters. The lowest BCUT2D eigenvalue weighted by molar-refractivity contribution is -0.133. The SMILES string of the molecule is CC(C)[C@H](NC(=O)[C@@]1(NC(=O)OCc2ccccc2)CCc2[nH]c3ccccc3c2C1)C(N)=O. The Bertz CT molecular complexity index is 1200. The first-order valence-electron chi connectivity index (χ1n) is 11.5. The van der Waals surface area contributed by atoms with Crippen LogP contribution in [0.15, 0.2) is 54.6 Å². The van der Waals surface area contributed by atoms with Gasteiger partial charge in [0.15, 0.2) is 0 Å². The maximum absolute atomic E-state index is 13.6. The number of primary amides is 1. The van der Waals surface area contributed by atoms with Crippen molar-refractivity contribution in [2.24, 2.45) is 11.7 Å². The number of benzene rings is 2. The summed E-state index contributed by atoms with van der Waals surface area (Å²) in [6.07, 6.45) is 0.479. The lowest BCUT2D eigenvalue weighted by Gasteiger charge is -2.37. The number of hydrogen-bond donors (Lipinski definition) is 4. The predicted octanol–water partition coefficient (Wildman–Crippen LogP) is 2.95. The fraction of sp³-hybridized carbons (Fsp3) is 0.346. The number of carbonyl (C=O) groups is 3. The molecule has 1 heterocycles. The van der Waals surface area contributed by atoms with Gasteiger partial charge in [-0.1, -0.05) is 62.4 Å². The van der Waals surface area contributed by atoms with Gasteiger partial charge in [-0.25, -0.2) is 4.79 Å². The van der Waals surface area contributed by atoms with Crippen LogP contribution >= 0.6 is 0 Å². The summed E-state index contributed by atoms with van der Waals surface area (Å²) in [5.74, 6) is -1.26. The number of aryl methyl sites for hydroxylation is 1. The number of carbonyl (C=O) groups excluding carboxylic acids is 3. The molecule has 2 aromatic carbocycles. The monoisotopic (exact) mass is 462 g/mol. The topological polar surface area (TPSA) is 126 Å². The quantitative estimate of drug-likeness (QED) is 0.431. The number of aromatic amines is 1. The van der Waals surface area contributed by atoms with Gasteiger partial charge in [0.05, 0.1) is 0 Å². The van der Waals surface area contributed by atoms with Crippen LogP contribution in [-0.4, -0.2) is 34.5 Å². The molecule has 0 aliphatic heterocycles. The van der Waals surface area contributed by atoms with E-state index >= 15 is 0 Å². The van der Waals surface area contributed by atoms with E-state index in [0.29, 0.717) is 12.8 Å². The van der Waals surface area contributed by atoms with Crippen LogP contribution in [0.2, 0.25) is 0 Å². The molecular formula is C26H30N4O4. The van der Waals surface area contributed by atoms with Crippen molar-refractivity contribution in [3.05, 3.63) is 71.4 Å². The van der Waals surface area contributed by atoms with Gasteiger partial charge >= 0.3 is 6.09 Å². The number of aromatic nitrogens is 1. The molecule has 0 saturated heterocycles. The number of amides is 3. The van der Waals surface area contributed by atoms with Gasteiger partial charge in [-0.3, -0.25) is 9.59 Å². The molecule has 8 nitrogen and oxygen atoms in total. The van der Waals surface area contributed by atoms with Gasteiger partial charge in [0.25, 0.3) is 0 Å². The second-order valence-corrected chi connectivity index (χ2v) is 9.17. The van der Waals surface area contributed by atoms with E-state index in [9.17, 15) is 14.4 Å². The van der Waals surface area contributed by atoms with E-state index in [2.05, 4.69) is 15.6 Å². The molecule has 4 rings (SSSR count). The standard InChI is InChI=1S/C26H30N4O4/c1-16(2)22(23(27)31)29-24(32)26(30-25(33)34-15-17-8-4-3-5-9-17)13-12-21-19(14-26)18-10-6-7-11-20(18)28-21/h3-11,16,22,28H,12-15H2,1-2H3,(H2,27,31)(H,29,32)(H,30,33)/t22-,26+/m0/s1. The average Bonchev–Trinajstić information content (AvgIpc) is 3.19. The Morgan fingerprint density at radius 1 is 1.09 bits per heavy atom. The van der Waals surface area contributed by atoms with Crippen molar-refractivity contribution in [1.29, 1.82) is 0 Å². The third-order valence-corrected chi connectivity index (χ3v) is 6.43. The van der Waals surface area contributed by atoms with Crippen LogP contribution in [-0.2, 0) is 33.8 Å². The Morgan fingerprint density at radius 2 is 1.79 bits per heavy atom. The fourth-order valence-corrected chi connectivity index (χ4v) is 4.56. The highest BCUT2D eigenvalue weighted by Crippen LogP contribution is 2.34. The maximum Gasteiger partial charge on any atom is 0.408 e. The molecule has 178 valence electrons. The van der Waals surface area contributed by atoms with Crippen molar-refractivity contribution < 1.29 is 19.1 Å². The van der Waals surface area contributed by atoms with Crippen LogP contribution in [0.4, 0.5) is 4.79 Å². The van der Waals surface area contributed by atoms with E-state index in [0.717, 1.165) is 27.7 Å². The van der Waals surface area contributed by atoms with E-state index in [1.165, 1.54) is 0 Å². The van der Waals surface area contributed by atoms with Gasteiger partial charge in [-0.15, -0.1) is 0 Å². The molecule has 5 N–H and O–H groups in total. The fourth-order valence-electron chi connectivity index (χ4n) is 4.56. The Hall–Kier alpha value is -3.81. The van der Waals surface area contributed by atoms with Crippen molar-refractivity contribution in [1.82, 2.24) is 15.6 Å². The first-order chi connectivity index (χ1) is 16.3. The van der Waals surface area contributed by atoms with Crippen molar-refractivity contribution in [3.63, 3.8) is 0 Å². The third-order valence-electron chi connectivity index (χ3n) is 6.43. The van der Waals surface area contributed by atoms with Gasteiger partial charge in [0.1, 0.15) is 18.2 Å². The molecule has 1 aliphatic rings. The number of alkyl carbamates (subject to hydrolysis) is 1. The number of rotatable bonds is 7. The van der Waals surface area contributed by atoms with Crippen LogP contribution in [0, 0.1) is 5.92 Å². The highest BCUT2D eigenvalue weighted by molar-refractivity contribution is 5.95. The molecule has 0 fully saturated rings. The van der Waals surface area contributed by atoms with Crippen molar-refractivity contribution in [2.45, 2.75) is 51.3 Å². The Labute approximate surface area is 198 Å². The lowest BCUT2D eigenvalue weighted by atomic mass is 9.78. The summed E-state index contributed by atoms with van der Waals surface area (Å²) < 4.78 is 5.43. The molecular weight excluding hydrogens is 432 g/mol. The molecule has 0 saturated carbocycles. The van der Waals surface area contributed by atoms with Crippen molar-refractivity contribution in [2.75, 3.05) is 0 Å². The number of para-hydroxylation sites is 1. The molecule has 0 spiro atoms. The Morgan fingerprint density at radius 3 is 2.50 bits per heavy atom. The number of nitrogens with two attached hydrogens (primary N) is 1. The average molecular weight is 463 g/mol. The normalized spacial score (nSPS) is 18.2. The van der Waals surface area contributed by atoms with E-state index in [1.54, 1.807) is 0 Å². The molecule has 3 amide bonds. The van der Waals surface area contributed by atoms with E-state index in [-0.39, 0.29) is 18.9 Å². The van der Waals surface area contributed by atoms with Gasteiger partial charge in [-0.2, -0.15) is 0 Å².